The first kappa shape index (κ1) is 18.7. The smallest absolute Gasteiger partial charge is 0.307 e. The molecule has 20 heavy (non-hydrogen) atoms. The summed E-state index contributed by atoms with van der Waals surface area (Å²) in [4.78, 5) is 21.7. The first-order valence-corrected chi connectivity index (χ1v) is 7.38. The summed E-state index contributed by atoms with van der Waals surface area (Å²) < 4.78 is 0. The van der Waals surface area contributed by atoms with E-state index in [1.807, 2.05) is 6.92 Å². The fourth-order valence-corrected chi connectivity index (χ4v) is 2.71. The van der Waals surface area contributed by atoms with E-state index in [1.54, 1.807) is 0 Å². The monoisotopic (exact) mass is 284 g/mol. The molecule has 0 heterocycles. The Kier molecular flexibility index (Phi) is 8.93. The van der Waals surface area contributed by atoms with Crippen LogP contribution in [0.2, 0.25) is 0 Å². The molecule has 0 aliphatic heterocycles. The van der Waals surface area contributed by atoms with E-state index in [-0.39, 0.29) is 6.42 Å². The standard InChI is InChI=1S/C16H28O4/c1-5-6-11(2)7-12(3)8-13(4)9-14(16(19)20)10-15(17)18/h8,11-12,14H,5-7,9-10H2,1-4H3,(H,17,18)(H,19,20)/b13-8+. The van der Waals surface area contributed by atoms with E-state index in [1.165, 1.54) is 12.8 Å². The summed E-state index contributed by atoms with van der Waals surface area (Å²) >= 11 is 0. The number of carbonyl (C=O) groups is 2. The van der Waals surface area contributed by atoms with E-state index in [4.69, 9.17) is 10.2 Å². The Morgan fingerprint density at radius 2 is 1.75 bits per heavy atom. The summed E-state index contributed by atoms with van der Waals surface area (Å²) in [5.74, 6) is -1.87. The fraction of sp³-hybridized carbons (Fsp3) is 0.750. The number of hydrogen-bond acceptors (Lipinski definition) is 2. The predicted molar refractivity (Wildman–Crippen MR) is 79.6 cm³/mol. The molecular formula is C16H28O4. The maximum absolute atomic E-state index is 11.0. The predicted octanol–water partition coefficient (Wildman–Crippen LogP) is 3.96. The van der Waals surface area contributed by atoms with Gasteiger partial charge in [0.15, 0.2) is 0 Å². The summed E-state index contributed by atoms with van der Waals surface area (Å²) in [6.45, 7) is 8.42. The van der Waals surface area contributed by atoms with Crippen molar-refractivity contribution in [2.24, 2.45) is 17.8 Å². The van der Waals surface area contributed by atoms with Crippen molar-refractivity contribution in [1.29, 1.82) is 0 Å². The van der Waals surface area contributed by atoms with Crippen molar-refractivity contribution in [3.05, 3.63) is 11.6 Å². The van der Waals surface area contributed by atoms with Crippen molar-refractivity contribution in [3.63, 3.8) is 0 Å². The van der Waals surface area contributed by atoms with Gasteiger partial charge in [-0.15, -0.1) is 0 Å². The third-order valence-corrected chi connectivity index (χ3v) is 3.46. The Bertz CT molecular complexity index is 346. The molecule has 2 N–H and O–H groups in total. The zero-order valence-corrected chi connectivity index (χ0v) is 13.1. The number of carboxylic acid groups (broad SMARTS) is 2. The molecule has 0 saturated carbocycles. The Balaban J connectivity index is 4.47. The Morgan fingerprint density at radius 1 is 1.15 bits per heavy atom. The van der Waals surface area contributed by atoms with Crippen molar-refractivity contribution in [1.82, 2.24) is 0 Å². The normalized spacial score (nSPS) is 16.5. The maximum atomic E-state index is 11.0. The Labute approximate surface area is 121 Å². The molecule has 0 bridgehead atoms. The Morgan fingerprint density at radius 3 is 2.20 bits per heavy atom. The highest BCUT2D eigenvalue weighted by Gasteiger charge is 2.21. The van der Waals surface area contributed by atoms with Crippen molar-refractivity contribution in [3.8, 4) is 0 Å². The van der Waals surface area contributed by atoms with Gasteiger partial charge in [0.25, 0.3) is 0 Å². The topological polar surface area (TPSA) is 74.6 Å². The van der Waals surface area contributed by atoms with Crippen molar-refractivity contribution >= 4 is 11.9 Å². The fourth-order valence-electron chi connectivity index (χ4n) is 2.71. The van der Waals surface area contributed by atoms with Crippen LogP contribution < -0.4 is 0 Å². The van der Waals surface area contributed by atoms with Gasteiger partial charge in [0.05, 0.1) is 12.3 Å². The molecule has 0 rings (SSSR count). The number of carboxylic acids is 2. The minimum absolute atomic E-state index is 0.314. The maximum Gasteiger partial charge on any atom is 0.307 e. The number of aliphatic carboxylic acids is 2. The molecule has 3 atom stereocenters. The molecule has 0 spiro atoms. The van der Waals surface area contributed by atoms with E-state index in [2.05, 4.69) is 26.8 Å². The van der Waals surface area contributed by atoms with Gasteiger partial charge in [-0.05, 0) is 31.6 Å². The van der Waals surface area contributed by atoms with E-state index >= 15 is 0 Å². The molecule has 0 aromatic heterocycles. The van der Waals surface area contributed by atoms with Gasteiger partial charge in [0.1, 0.15) is 0 Å². The van der Waals surface area contributed by atoms with Gasteiger partial charge in [-0.25, -0.2) is 0 Å². The minimum Gasteiger partial charge on any atom is -0.481 e. The second-order valence-corrected chi connectivity index (χ2v) is 5.96. The van der Waals surface area contributed by atoms with Gasteiger partial charge < -0.3 is 10.2 Å². The molecule has 0 amide bonds. The first-order chi connectivity index (χ1) is 9.26. The molecule has 0 fully saturated rings. The second kappa shape index (κ2) is 9.56. The summed E-state index contributed by atoms with van der Waals surface area (Å²) in [5, 5.41) is 17.8. The number of hydrogen-bond donors (Lipinski definition) is 2. The molecule has 0 aliphatic carbocycles. The quantitative estimate of drug-likeness (QED) is 0.595. The molecule has 0 aromatic rings. The summed E-state index contributed by atoms with van der Waals surface area (Å²) in [6.07, 6.45) is 5.55. The third-order valence-electron chi connectivity index (χ3n) is 3.46. The molecule has 116 valence electrons. The molecule has 0 saturated heterocycles. The lowest BCUT2D eigenvalue weighted by atomic mass is 9.90. The highest BCUT2D eigenvalue weighted by atomic mass is 16.4. The summed E-state index contributed by atoms with van der Waals surface area (Å²) in [5.41, 5.74) is 0.967. The van der Waals surface area contributed by atoms with E-state index < -0.39 is 17.9 Å². The van der Waals surface area contributed by atoms with Crippen LogP contribution in [0.25, 0.3) is 0 Å². The van der Waals surface area contributed by atoms with Gasteiger partial charge in [-0.1, -0.05) is 45.3 Å². The minimum atomic E-state index is -1.06. The number of rotatable bonds is 10. The molecule has 3 unspecified atom stereocenters. The van der Waals surface area contributed by atoms with Crippen molar-refractivity contribution < 1.29 is 19.8 Å². The first-order valence-electron chi connectivity index (χ1n) is 7.38. The second-order valence-electron chi connectivity index (χ2n) is 5.96. The molecule has 4 heteroatoms. The highest BCUT2D eigenvalue weighted by molar-refractivity contribution is 5.77. The lowest BCUT2D eigenvalue weighted by Gasteiger charge is -2.16. The number of allylic oxidation sites excluding steroid dienone is 2. The van der Waals surface area contributed by atoms with Gasteiger partial charge >= 0.3 is 11.9 Å². The Hall–Kier alpha value is -1.32. The highest BCUT2D eigenvalue weighted by Crippen LogP contribution is 2.22. The van der Waals surface area contributed by atoms with Crippen LogP contribution in [0.15, 0.2) is 11.6 Å². The van der Waals surface area contributed by atoms with Gasteiger partial charge in [-0.3, -0.25) is 9.59 Å². The lowest BCUT2D eigenvalue weighted by Crippen LogP contribution is -2.18. The largest absolute Gasteiger partial charge is 0.481 e. The van der Waals surface area contributed by atoms with Gasteiger partial charge in [-0.2, -0.15) is 0 Å². The van der Waals surface area contributed by atoms with Gasteiger partial charge in [0.2, 0.25) is 0 Å². The molecule has 0 aliphatic rings. The average molecular weight is 284 g/mol. The van der Waals surface area contributed by atoms with Crippen LogP contribution in [0.5, 0.6) is 0 Å². The zero-order chi connectivity index (χ0) is 15.7. The average Bonchev–Trinajstić information content (AvgIpc) is 2.26. The van der Waals surface area contributed by atoms with Crippen molar-refractivity contribution in [2.45, 2.75) is 59.8 Å². The molecule has 0 aromatic carbocycles. The van der Waals surface area contributed by atoms with Gasteiger partial charge in [0, 0.05) is 0 Å². The van der Waals surface area contributed by atoms with Crippen LogP contribution in [0.4, 0.5) is 0 Å². The van der Waals surface area contributed by atoms with Crippen LogP contribution >= 0.6 is 0 Å². The van der Waals surface area contributed by atoms with Crippen LogP contribution in [0, 0.1) is 17.8 Å². The third kappa shape index (κ3) is 8.73. The zero-order valence-electron chi connectivity index (χ0n) is 13.1. The molecular weight excluding hydrogens is 256 g/mol. The van der Waals surface area contributed by atoms with Crippen LogP contribution in [-0.2, 0) is 9.59 Å². The summed E-state index contributed by atoms with van der Waals surface area (Å²) in [6, 6.07) is 0. The lowest BCUT2D eigenvalue weighted by molar-refractivity contribution is -0.148. The summed E-state index contributed by atoms with van der Waals surface area (Å²) in [7, 11) is 0. The van der Waals surface area contributed by atoms with Crippen LogP contribution in [-0.4, -0.2) is 22.2 Å². The van der Waals surface area contributed by atoms with E-state index in [0.717, 1.165) is 12.0 Å². The van der Waals surface area contributed by atoms with Crippen LogP contribution in [0.3, 0.4) is 0 Å². The van der Waals surface area contributed by atoms with Crippen molar-refractivity contribution in [2.75, 3.05) is 0 Å². The van der Waals surface area contributed by atoms with E-state index in [0.29, 0.717) is 18.3 Å². The van der Waals surface area contributed by atoms with Crippen LogP contribution in [0.1, 0.15) is 59.8 Å². The molecule has 0 radical (unpaired) electrons. The van der Waals surface area contributed by atoms with E-state index in [9.17, 15) is 9.59 Å². The molecule has 4 nitrogen and oxygen atoms in total. The SMILES string of the molecule is CCCC(C)CC(C)/C=C(\C)CC(CC(=O)O)C(=O)O.